The molecule has 8 heteroatoms. The van der Waals surface area contributed by atoms with Crippen molar-refractivity contribution in [2.75, 3.05) is 18.5 Å². The zero-order valence-corrected chi connectivity index (χ0v) is 10.1. The molecule has 0 aliphatic rings. The van der Waals surface area contributed by atoms with E-state index < -0.39 is 17.5 Å². The van der Waals surface area contributed by atoms with Crippen molar-refractivity contribution in [1.29, 1.82) is 0 Å². The molecule has 0 aliphatic carbocycles. The van der Waals surface area contributed by atoms with Gasteiger partial charge in [-0.1, -0.05) is 17.7 Å². The van der Waals surface area contributed by atoms with Gasteiger partial charge >= 0.3 is 11.9 Å². The Kier molecular flexibility index (Phi) is 4.39. The fraction of sp³-hybridized carbons (Fsp3) is 0.400. The number of hydrogen-bond acceptors (Lipinski definition) is 3. The van der Waals surface area contributed by atoms with Gasteiger partial charge < -0.3 is 4.90 Å². The third-order valence-electron chi connectivity index (χ3n) is 2.29. The highest BCUT2D eigenvalue weighted by Crippen LogP contribution is 2.34. The van der Waals surface area contributed by atoms with Gasteiger partial charge in [0.25, 0.3) is 0 Å². The van der Waals surface area contributed by atoms with Gasteiger partial charge in [-0.25, -0.2) is 0 Å². The molecule has 0 spiro atoms. The average molecular weight is 283 g/mol. The lowest BCUT2D eigenvalue weighted by molar-refractivity contribution is -0.384. The Morgan fingerprint density at radius 1 is 1.44 bits per heavy atom. The maximum atomic E-state index is 12.1. The molecule has 0 unspecified atom stereocenters. The Morgan fingerprint density at radius 3 is 2.56 bits per heavy atom. The minimum atomic E-state index is -4.30. The highest BCUT2D eigenvalue weighted by molar-refractivity contribution is 6.33. The monoisotopic (exact) mass is 282 g/mol. The van der Waals surface area contributed by atoms with E-state index in [2.05, 4.69) is 0 Å². The Labute approximate surface area is 106 Å². The van der Waals surface area contributed by atoms with E-state index >= 15 is 0 Å². The summed E-state index contributed by atoms with van der Waals surface area (Å²) in [6.07, 6.45) is -5.35. The van der Waals surface area contributed by atoms with Crippen LogP contribution in [0.15, 0.2) is 18.2 Å². The zero-order chi connectivity index (χ0) is 13.9. The molecule has 0 saturated carbocycles. The van der Waals surface area contributed by atoms with Crippen LogP contribution in [0.5, 0.6) is 0 Å². The maximum absolute atomic E-state index is 12.1. The van der Waals surface area contributed by atoms with Crippen LogP contribution in [0, 0.1) is 10.1 Å². The summed E-state index contributed by atoms with van der Waals surface area (Å²) >= 11 is 5.67. The van der Waals surface area contributed by atoms with Crippen LogP contribution in [0.1, 0.15) is 6.42 Å². The summed E-state index contributed by atoms with van der Waals surface area (Å²) in [6, 6.07) is 4.13. The lowest BCUT2D eigenvalue weighted by Crippen LogP contribution is -2.24. The molecule has 0 saturated heterocycles. The molecule has 1 aromatic rings. The van der Waals surface area contributed by atoms with E-state index in [1.54, 1.807) is 0 Å². The van der Waals surface area contributed by atoms with E-state index in [4.69, 9.17) is 11.6 Å². The fourth-order valence-corrected chi connectivity index (χ4v) is 1.65. The highest BCUT2D eigenvalue weighted by atomic mass is 35.5. The highest BCUT2D eigenvalue weighted by Gasteiger charge is 2.29. The second-order valence-electron chi connectivity index (χ2n) is 3.65. The Bertz CT molecular complexity index is 451. The predicted molar refractivity (Wildman–Crippen MR) is 62.0 cm³/mol. The summed E-state index contributed by atoms with van der Waals surface area (Å²) in [5, 5.41) is 10.7. The van der Waals surface area contributed by atoms with Crippen molar-refractivity contribution in [3.63, 3.8) is 0 Å². The number of nitro groups is 1. The molecular formula is C10H10ClF3N2O2. The third kappa shape index (κ3) is 3.76. The van der Waals surface area contributed by atoms with Crippen molar-refractivity contribution in [2.45, 2.75) is 12.6 Å². The molecule has 0 radical (unpaired) electrons. The van der Waals surface area contributed by atoms with Crippen molar-refractivity contribution < 1.29 is 18.1 Å². The van der Waals surface area contributed by atoms with E-state index in [1.807, 2.05) is 0 Å². The van der Waals surface area contributed by atoms with Crippen LogP contribution in [0.3, 0.4) is 0 Å². The van der Waals surface area contributed by atoms with Crippen molar-refractivity contribution in [2.24, 2.45) is 0 Å². The van der Waals surface area contributed by atoms with Crippen LogP contribution < -0.4 is 4.90 Å². The van der Waals surface area contributed by atoms with Gasteiger partial charge in [-0.15, -0.1) is 0 Å². The summed E-state index contributed by atoms with van der Waals surface area (Å²) in [7, 11) is 1.35. The molecule has 4 nitrogen and oxygen atoms in total. The van der Waals surface area contributed by atoms with Crippen molar-refractivity contribution >= 4 is 23.0 Å². The number of alkyl halides is 3. The maximum Gasteiger partial charge on any atom is 0.390 e. The molecule has 1 rings (SSSR count). The van der Waals surface area contributed by atoms with Gasteiger partial charge in [-0.2, -0.15) is 13.2 Å². The van der Waals surface area contributed by atoms with Gasteiger partial charge in [0.2, 0.25) is 0 Å². The van der Waals surface area contributed by atoms with Crippen LogP contribution in [0.4, 0.5) is 24.5 Å². The molecule has 0 fully saturated rings. The number of para-hydroxylation sites is 1. The first kappa shape index (κ1) is 14.6. The van der Waals surface area contributed by atoms with Gasteiger partial charge in [-0.05, 0) is 12.1 Å². The molecule has 0 N–H and O–H groups in total. The lowest BCUT2D eigenvalue weighted by atomic mass is 10.2. The molecule has 1 aromatic carbocycles. The van der Waals surface area contributed by atoms with Gasteiger partial charge in [0.1, 0.15) is 10.7 Å². The number of halogens is 4. The summed E-state index contributed by atoms with van der Waals surface area (Å²) < 4.78 is 36.3. The number of nitrogens with zero attached hydrogens (tertiary/aromatic N) is 2. The van der Waals surface area contributed by atoms with Gasteiger partial charge in [0.15, 0.2) is 0 Å². The van der Waals surface area contributed by atoms with Crippen LogP contribution in [0.2, 0.25) is 5.02 Å². The summed E-state index contributed by atoms with van der Waals surface area (Å²) in [4.78, 5) is 11.3. The fourth-order valence-electron chi connectivity index (χ4n) is 1.41. The molecule has 18 heavy (non-hydrogen) atoms. The largest absolute Gasteiger partial charge is 0.390 e. The third-order valence-corrected chi connectivity index (χ3v) is 2.59. The SMILES string of the molecule is CN(CCC(F)(F)F)c1cccc(Cl)c1[N+](=O)[O-]. The van der Waals surface area contributed by atoms with Gasteiger partial charge in [0, 0.05) is 13.6 Å². The number of rotatable bonds is 4. The van der Waals surface area contributed by atoms with Gasteiger partial charge in [-0.3, -0.25) is 10.1 Å². The summed E-state index contributed by atoms with van der Waals surface area (Å²) in [5.41, 5.74) is -0.319. The molecule has 100 valence electrons. The lowest BCUT2D eigenvalue weighted by Gasteiger charge is -2.20. The standard InChI is InChI=1S/C10H10ClF3N2O2/c1-15(6-5-10(12,13)14)8-4-2-3-7(11)9(8)16(17)18/h2-4H,5-6H2,1H3. The van der Waals surface area contributed by atoms with Crippen molar-refractivity contribution in [3.8, 4) is 0 Å². The Morgan fingerprint density at radius 2 is 2.06 bits per heavy atom. The van der Waals surface area contributed by atoms with E-state index in [9.17, 15) is 23.3 Å². The molecule has 0 heterocycles. The second kappa shape index (κ2) is 5.43. The second-order valence-corrected chi connectivity index (χ2v) is 4.06. The topological polar surface area (TPSA) is 46.4 Å². The van der Waals surface area contributed by atoms with E-state index in [1.165, 1.54) is 25.2 Å². The van der Waals surface area contributed by atoms with Crippen LogP contribution in [0.25, 0.3) is 0 Å². The predicted octanol–water partition coefficient (Wildman–Crippen LogP) is 3.64. The minimum Gasteiger partial charge on any atom is -0.369 e. The quantitative estimate of drug-likeness (QED) is 0.626. The molecule has 0 aliphatic heterocycles. The molecule has 0 bridgehead atoms. The number of nitro benzene ring substituents is 1. The first-order valence-corrected chi connectivity index (χ1v) is 5.31. The number of benzene rings is 1. The van der Waals surface area contributed by atoms with Crippen LogP contribution in [-0.2, 0) is 0 Å². The first-order chi connectivity index (χ1) is 8.22. The molecule has 0 aromatic heterocycles. The van der Waals surface area contributed by atoms with E-state index in [0.717, 1.165) is 4.90 Å². The van der Waals surface area contributed by atoms with E-state index in [0.29, 0.717) is 0 Å². The van der Waals surface area contributed by atoms with Gasteiger partial charge in [0.05, 0.1) is 11.3 Å². The Hall–Kier alpha value is -1.50. The summed E-state index contributed by atoms with van der Waals surface area (Å²) in [5.74, 6) is 0. The smallest absolute Gasteiger partial charge is 0.369 e. The van der Waals surface area contributed by atoms with Crippen LogP contribution >= 0.6 is 11.6 Å². The van der Waals surface area contributed by atoms with Crippen LogP contribution in [-0.4, -0.2) is 24.7 Å². The average Bonchev–Trinajstić information content (AvgIpc) is 2.24. The normalized spacial score (nSPS) is 11.4. The summed E-state index contributed by atoms with van der Waals surface area (Å²) in [6.45, 7) is -0.370. The molecular weight excluding hydrogens is 273 g/mol. The van der Waals surface area contributed by atoms with E-state index in [-0.39, 0.29) is 22.9 Å². The molecule has 0 atom stereocenters. The van der Waals surface area contributed by atoms with Crippen molar-refractivity contribution in [1.82, 2.24) is 0 Å². The minimum absolute atomic E-state index is 0.0664. The zero-order valence-electron chi connectivity index (χ0n) is 9.37. The van der Waals surface area contributed by atoms with Crippen molar-refractivity contribution in [3.05, 3.63) is 33.3 Å². The number of hydrogen-bond donors (Lipinski definition) is 0. The molecule has 0 amide bonds. The first-order valence-electron chi connectivity index (χ1n) is 4.93. The Balaban J connectivity index is 2.95. The number of anilines is 1.